The summed E-state index contributed by atoms with van der Waals surface area (Å²) in [5, 5.41) is 11.5. The molecule has 4 rings (SSSR count). The van der Waals surface area contributed by atoms with E-state index >= 15 is 0 Å². The van der Waals surface area contributed by atoms with E-state index in [1.54, 1.807) is 56.2 Å². The highest BCUT2D eigenvalue weighted by Crippen LogP contribution is 2.38. The first kappa shape index (κ1) is 22.3. The number of aromatic nitrogens is 4. The topological polar surface area (TPSA) is 104 Å². The molecule has 0 saturated heterocycles. The third-order valence-electron chi connectivity index (χ3n) is 5.11. The molecule has 0 bridgehead atoms. The number of benzene rings is 2. The fourth-order valence-electron chi connectivity index (χ4n) is 3.36. The van der Waals surface area contributed by atoms with Crippen molar-refractivity contribution in [3.05, 3.63) is 70.3 Å². The Labute approximate surface area is 195 Å². The Morgan fingerprint density at radius 3 is 2.67 bits per heavy atom. The lowest BCUT2D eigenvalue weighted by molar-refractivity contribution is 0.102. The van der Waals surface area contributed by atoms with Crippen LogP contribution in [0.25, 0.3) is 11.5 Å². The number of nitrogens with one attached hydrogen (secondary N) is 1. The highest BCUT2D eigenvalue weighted by Gasteiger charge is 2.21. The van der Waals surface area contributed by atoms with Crippen LogP contribution in [0.3, 0.4) is 0 Å². The van der Waals surface area contributed by atoms with E-state index < -0.39 is 0 Å². The van der Waals surface area contributed by atoms with E-state index in [-0.39, 0.29) is 18.1 Å². The number of ether oxygens (including phenoxy) is 2. The van der Waals surface area contributed by atoms with Crippen LogP contribution in [0.2, 0.25) is 5.02 Å². The number of nitrogens with zero attached hydrogens (tertiary/aromatic N) is 4. The van der Waals surface area contributed by atoms with Crippen LogP contribution in [0.5, 0.6) is 11.5 Å². The molecule has 2 heterocycles. The molecule has 1 N–H and O–H groups in total. The van der Waals surface area contributed by atoms with Crippen LogP contribution in [0.15, 0.2) is 46.9 Å². The summed E-state index contributed by atoms with van der Waals surface area (Å²) >= 11 is 5.98. The van der Waals surface area contributed by atoms with E-state index in [2.05, 4.69) is 20.6 Å². The molecule has 4 aromatic rings. The summed E-state index contributed by atoms with van der Waals surface area (Å²) in [7, 11) is 3.13. The number of halogens is 1. The second-order valence-corrected chi connectivity index (χ2v) is 7.64. The lowest BCUT2D eigenvalue weighted by atomic mass is 10.2. The lowest BCUT2D eigenvalue weighted by Gasteiger charge is -2.09. The first-order valence-corrected chi connectivity index (χ1v) is 10.4. The van der Waals surface area contributed by atoms with Crippen molar-refractivity contribution in [1.29, 1.82) is 0 Å². The van der Waals surface area contributed by atoms with Crippen molar-refractivity contribution in [3.63, 3.8) is 0 Å². The predicted molar refractivity (Wildman–Crippen MR) is 123 cm³/mol. The molecule has 0 aliphatic heterocycles. The molecule has 0 radical (unpaired) electrons. The Balaban J connectivity index is 1.57. The number of methoxy groups -OCH3 is 2. The largest absolute Gasteiger partial charge is 0.493 e. The van der Waals surface area contributed by atoms with Gasteiger partial charge in [-0.25, -0.2) is 9.67 Å². The Hall–Kier alpha value is -3.85. The van der Waals surface area contributed by atoms with Crippen molar-refractivity contribution >= 4 is 23.2 Å². The van der Waals surface area contributed by atoms with Gasteiger partial charge in [-0.05, 0) is 44.2 Å². The number of carbonyl (C=O) groups is 1. The molecule has 0 spiro atoms. The quantitative estimate of drug-likeness (QED) is 0.426. The Morgan fingerprint density at radius 2 is 1.94 bits per heavy atom. The Kier molecular flexibility index (Phi) is 6.32. The van der Waals surface area contributed by atoms with E-state index in [0.717, 1.165) is 0 Å². The van der Waals surface area contributed by atoms with Crippen LogP contribution >= 0.6 is 11.6 Å². The fraction of sp³-hybridized carbons (Fsp3) is 0.217. The smallest absolute Gasteiger partial charge is 0.278 e. The molecule has 9 nitrogen and oxygen atoms in total. The first-order chi connectivity index (χ1) is 15.9. The Morgan fingerprint density at radius 1 is 1.15 bits per heavy atom. The zero-order valence-electron chi connectivity index (χ0n) is 18.5. The third-order valence-corrected chi connectivity index (χ3v) is 5.34. The predicted octanol–water partition coefficient (Wildman–Crippen LogP) is 4.52. The van der Waals surface area contributed by atoms with Gasteiger partial charge in [0, 0.05) is 10.7 Å². The molecule has 0 fully saturated rings. The minimum atomic E-state index is -0.375. The number of carbonyl (C=O) groups excluding carboxylic acids is 1. The Bertz CT molecular complexity index is 1310. The summed E-state index contributed by atoms with van der Waals surface area (Å²) in [5.41, 5.74) is 2.71. The number of oxazole rings is 1. The standard InChI is InChI=1S/C23H22ClN5O4/c1-13-20(22(30)25-16-8-5-7-15(24)11-16)27-28-29(13)12-18-14(2)33-23(26-18)17-9-6-10-19(31-3)21(17)32-4/h5-11H,12H2,1-4H3,(H,25,30). The van der Waals surface area contributed by atoms with E-state index in [1.807, 2.05) is 19.1 Å². The van der Waals surface area contributed by atoms with Crippen molar-refractivity contribution in [2.24, 2.45) is 0 Å². The van der Waals surface area contributed by atoms with Gasteiger partial charge >= 0.3 is 0 Å². The monoisotopic (exact) mass is 467 g/mol. The highest BCUT2D eigenvalue weighted by atomic mass is 35.5. The zero-order valence-corrected chi connectivity index (χ0v) is 19.3. The van der Waals surface area contributed by atoms with Gasteiger partial charge in [-0.2, -0.15) is 0 Å². The second kappa shape index (κ2) is 9.33. The molecule has 0 saturated carbocycles. The normalized spacial score (nSPS) is 10.8. The van der Waals surface area contributed by atoms with E-state index in [0.29, 0.717) is 50.8 Å². The number of hydrogen-bond acceptors (Lipinski definition) is 7. The van der Waals surface area contributed by atoms with Gasteiger partial charge < -0.3 is 19.2 Å². The molecule has 1 amide bonds. The molecule has 10 heteroatoms. The molecule has 0 atom stereocenters. The van der Waals surface area contributed by atoms with Crippen molar-refractivity contribution in [3.8, 4) is 23.0 Å². The minimum absolute atomic E-state index is 0.214. The second-order valence-electron chi connectivity index (χ2n) is 7.21. The number of hydrogen-bond donors (Lipinski definition) is 1. The number of amides is 1. The average molecular weight is 468 g/mol. The number of aryl methyl sites for hydroxylation is 1. The van der Waals surface area contributed by atoms with Crippen LogP contribution in [0.1, 0.15) is 27.6 Å². The maximum absolute atomic E-state index is 12.7. The van der Waals surface area contributed by atoms with Gasteiger partial charge in [0.2, 0.25) is 5.89 Å². The van der Waals surface area contributed by atoms with E-state index in [4.69, 9.17) is 25.5 Å². The van der Waals surface area contributed by atoms with Crippen molar-refractivity contribution in [2.75, 3.05) is 19.5 Å². The summed E-state index contributed by atoms with van der Waals surface area (Å²) < 4.78 is 18.3. The van der Waals surface area contributed by atoms with Crippen LogP contribution in [0.4, 0.5) is 5.69 Å². The summed E-state index contributed by atoms with van der Waals surface area (Å²) in [5.74, 6) is 1.75. The molecular formula is C23H22ClN5O4. The molecule has 33 heavy (non-hydrogen) atoms. The van der Waals surface area contributed by atoms with Crippen molar-refractivity contribution in [2.45, 2.75) is 20.4 Å². The van der Waals surface area contributed by atoms with Gasteiger partial charge in [-0.3, -0.25) is 4.79 Å². The molecule has 170 valence electrons. The molecule has 0 aliphatic carbocycles. The van der Waals surface area contributed by atoms with Gasteiger partial charge in [0.05, 0.1) is 32.0 Å². The van der Waals surface area contributed by atoms with E-state index in [1.165, 1.54) is 0 Å². The maximum Gasteiger partial charge on any atom is 0.278 e. The summed E-state index contributed by atoms with van der Waals surface area (Å²) in [6, 6.07) is 12.4. The van der Waals surface area contributed by atoms with Crippen LogP contribution in [-0.4, -0.2) is 40.1 Å². The van der Waals surface area contributed by atoms with Crippen LogP contribution in [-0.2, 0) is 6.54 Å². The molecule has 0 unspecified atom stereocenters. The minimum Gasteiger partial charge on any atom is -0.493 e. The summed E-state index contributed by atoms with van der Waals surface area (Å²) in [6.45, 7) is 3.87. The van der Waals surface area contributed by atoms with Crippen LogP contribution in [0, 0.1) is 13.8 Å². The first-order valence-electron chi connectivity index (χ1n) is 10.1. The molecule has 2 aromatic carbocycles. The number of para-hydroxylation sites is 1. The van der Waals surface area contributed by atoms with Crippen molar-refractivity contribution < 1.29 is 18.7 Å². The van der Waals surface area contributed by atoms with Crippen molar-refractivity contribution in [1.82, 2.24) is 20.0 Å². The third kappa shape index (κ3) is 4.54. The molecule has 2 aromatic heterocycles. The fourth-order valence-corrected chi connectivity index (χ4v) is 3.55. The SMILES string of the molecule is COc1cccc(-c2nc(Cn3nnc(C(=O)Nc4cccc(Cl)c4)c3C)c(C)o2)c1OC. The van der Waals surface area contributed by atoms with Gasteiger partial charge in [0.25, 0.3) is 5.91 Å². The van der Waals surface area contributed by atoms with Crippen LogP contribution < -0.4 is 14.8 Å². The number of rotatable bonds is 7. The molecule has 0 aliphatic rings. The lowest BCUT2D eigenvalue weighted by Crippen LogP contribution is -2.14. The number of anilines is 1. The van der Waals surface area contributed by atoms with Gasteiger partial charge in [-0.15, -0.1) is 5.10 Å². The van der Waals surface area contributed by atoms with Gasteiger partial charge in [0.15, 0.2) is 17.2 Å². The van der Waals surface area contributed by atoms with E-state index in [9.17, 15) is 4.79 Å². The zero-order chi connectivity index (χ0) is 23.5. The average Bonchev–Trinajstić information content (AvgIpc) is 3.35. The summed E-state index contributed by atoms with van der Waals surface area (Å²) in [6.07, 6.45) is 0. The van der Waals surface area contributed by atoms with Gasteiger partial charge in [-0.1, -0.05) is 28.9 Å². The summed E-state index contributed by atoms with van der Waals surface area (Å²) in [4.78, 5) is 17.3. The maximum atomic E-state index is 12.7. The molecular weight excluding hydrogens is 446 g/mol. The highest BCUT2D eigenvalue weighted by molar-refractivity contribution is 6.30. The van der Waals surface area contributed by atoms with Gasteiger partial charge in [0.1, 0.15) is 11.5 Å².